The van der Waals surface area contributed by atoms with Crippen LogP contribution < -0.4 is 10.6 Å². The summed E-state index contributed by atoms with van der Waals surface area (Å²) < 4.78 is 0. The van der Waals surface area contributed by atoms with Crippen molar-refractivity contribution < 1.29 is 9.90 Å². The van der Waals surface area contributed by atoms with Crippen molar-refractivity contribution in [1.82, 2.24) is 5.32 Å². The highest BCUT2D eigenvalue weighted by atomic mass is 16.3. The Balaban J connectivity index is 2.01. The van der Waals surface area contributed by atoms with E-state index in [1.54, 1.807) is 12.1 Å². The van der Waals surface area contributed by atoms with Crippen LogP contribution in [0.1, 0.15) is 31.0 Å². The molecule has 0 spiro atoms. The Hall–Kier alpha value is -3.26. The highest BCUT2D eigenvalue weighted by Crippen LogP contribution is 2.16. The number of aryl methyl sites for hydroxylation is 1. The average Bonchev–Trinajstić information content (AvgIpc) is 2.64. The number of benzene rings is 2. The van der Waals surface area contributed by atoms with Crippen LogP contribution in [-0.2, 0) is 11.2 Å². The summed E-state index contributed by atoms with van der Waals surface area (Å²) in [4.78, 5) is 12.2. The maximum absolute atomic E-state index is 12.2. The first kappa shape index (κ1) is 18.1. The van der Waals surface area contributed by atoms with Crippen molar-refractivity contribution >= 4 is 11.6 Å². The zero-order valence-corrected chi connectivity index (χ0v) is 14.3. The maximum Gasteiger partial charge on any atom is 0.267 e. The van der Waals surface area contributed by atoms with Gasteiger partial charge >= 0.3 is 0 Å². The Kier molecular flexibility index (Phi) is 6.19. The van der Waals surface area contributed by atoms with Gasteiger partial charge in [0.25, 0.3) is 5.91 Å². The molecule has 0 aliphatic heterocycles. The highest BCUT2D eigenvalue weighted by molar-refractivity contribution is 6.06. The van der Waals surface area contributed by atoms with Gasteiger partial charge in [0.2, 0.25) is 0 Å². The van der Waals surface area contributed by atoms with Crippen molar-refractivity contribution in [3.05, 3.63) is 71.4 Å². The molecule has 0 aliphatic rings. The molecule has 0 heterocycles. The van der Waals surface area contributed by atoms with Crippen molar-refractivity contribution in [2.75, 3.05) is 5.32 Å². The second kappa shape index (κ2) is 8.55. The lowest BCUT2D eigenvalue weighted by Crippen LogP contribution is -2.18. The van der Waals surface area contributed by atoms with E-state index in [1.165, 1.54) is 23.9 Å². The molecule has 128 valence electrons. The van der Waals surface area contributed by atoms with Crippen LogP contribution in [0.4, 0.5) is 5.69 Å². The molecule has 0 saturated carbocycles. The Bertz CT molecular complexity index is 787. The number of aromatic hydroxyl groups is 1. The topological polar surface area (TPSA) is 85.2 Å². The largest absolute Gasteiger partial charge is 0.508 e. The Morgan fingerprint density at radius 2 is 1.84 bits per heavy atom. The molecule has 2 aromatic carbocycles. The summed E-state index contributed by atoms with van der Waals surface area (Å²) in [6.07, 6.45) is 2.41. The molecule has 1 atom stereocenters. The summed E-state index contributed by atoms with van der Waals surface area (Å²) in [6.45, 7) is 4.07. The Morgan fingerprint density at radius 3 is 2.40 bits per heavy atom. The van der Waals surface area contributed by atoms with Gasteiger partial charge < -0.3 is 15.7 Å². The van der Waals surface area contributed by atoms with Gasteiger partial charge in [-0.1, -0.05) is 31.2 Å². The van der Waals surface area contributed by atoms with Gasteiger partial charge in [-0.05, 0) is 48.7 Å². The van der Waals surface area contributed by atoms with Gasteiger partial charge in [0.1, 0.15) is 17.4 Å². The van der Waals surface area contributed by atoms with Gasteiger partial charge in [-0.3, -0.25) is 4.79 Å². The van der Waals surface area contributed by atoms with Crippen molar-refractivity contribution in [2.24, 2.45) is 0 Å². The van der Waals surface area contributed by atoms with E-state index in [9.17, 15) is 15.2 Å². The lowest BCUT2D eigenvalue weighted by atomic mass is 10.1. The van der Waals surface area contributed by atoms with Crippen LogP contribution in [0, 0.1) is 11.3 Å². The minimum atomic E-state index is -0.505. The molecule has 5 heteroatoms. The molecular formula is C20H21N3O2. The number of rotatable bonds is 6. The molecule has 2 rings (SSSR count). The minimum Gasteiger partial charge on any atom is -0.508 e. The molecule has 1 amide bonds. The molecular weight excluding hydrogens is 314 g/mol. The number of phenolic OH excluding ortho intramolecular Hbond substituents is 1. The number of carbonyl (C=O) groups is 1. The predicted molar refractivity (Wildman–Crippen MR) is 97.8 cm³/mol. The van der Waals surface area contributed by atoms with Crippen LogP contribution in [0.25, 0.3) is 0 Å². The maximum atomic E-state index is 12.2. The molecule has 0 aromatic heterocycles. The van der Waals surface area contributed by atoms with Crippen LogP contribution in [0.5, 0.6) is 5.75 Å². The summed E-state index contributed by atoms with van der Waals surface area (Å²) in [5.74, 6) is -0.396. The van der Waals surface area contributed by atoms with E-state index < -0.39 is 5.91 Å². The molecule has 0 radical (unpaired) electrons. The predicted octanol–water partition coefficient (Wildman–Crippen LogP) is 3.65. The van der Waals surface area contributed by atoms with Gasteiger partial charge in [0, 0.05) is 17.9 Å². The van der Waals surface area contributed by atoms with Gasteiger partial charge in [-0.25, -0.2) is 0 Å². The monoisotopic (exact) mass is 335 g/mol. The molecule has 5 nitrogen and oxygen atoms in total. The number of anilines is 1. The van der Waals surface area contributed by atoms with Crippen molar-refractivity contribution in [3.8, 4) is 11.8 Å². The number of amides is 1. The summed E-state index contributed by atoms with van der Waals surface area (Å²) in [5, 5.41) is 24.2. The van der Waals surface area contributed by atoms with E-state index in [-0.39, 0.29) is 17.4 Å². The van der Waals surface area contributed by atoms with Gasteiger partial charge in [-0.15, -0.1) is 0 Å². The zero-order chi connectivity index (χ0) is 18.2. The number of nitriles is 1. The normalized spacial score (nSPS) is 12.1. The third-order valence-electron chi connectivity index (χ3n) is 3.86. The van der Waals surface area contributed by atoms with Crippen LogP contribution >= 0.6 is 0 Å². The van der Waals surface area contributed by atoms with Crippen LogP contribution in [0.3, 0.4) is 0 Å². The minimum absolute atomic E-state index is 0.0231. The highest BCUT2D eigenvalue weighted by Gasteiger charge is 2.10. The number of nitrogens with one attached hydrogen (secondary N) is 2. The molecule has 0 bridgehead atoms. The van der Waals surface area contributed by atoms with Gasteiger partial charge in [0.15, 0.2) is 0 Å². The van der Waals surface area contributed by atoms with Gasteiger partial charge in [0.05, 0.1) is 0 Å². The lowest BCUT2D eigenvalue weighted by Gasteiger charge is -2.13. The molecule has 25 heavy (non-hydrogen) atoms. The van der Waals surface area contributed by atoms with E-state index in [1.807, 2.05) is 25.1 Å². The number of hydrogen-bond donors (Lipinski definition) is 3. The summed E-state index contributed by atoms with van der Waals surface area (Å²) in [5.41, 5.74) is 2.82. The Morgan fingerprint density at radius 1 is 1.20 bits per heavy atom. The molecule has 0 aliphatic carbocycles. The Labute approximate surface area is 147 Å². The fraction of sp³-hybridized carbons (Fsp3) is 0.200. The van der Waals surface area contributed by atoms with Crippen molar-refractivity contribution in [1.29, 1.82) is 5.26 Å². The fourth-order valence-electron chi connectivity index (χ4n) is 2.24. The average molecular weight is 335 g/mol. The molecule has 2 aromatic rings. The number of phenols is 1. The second-order valence-electron chi connectivity index (χ2n) is 5.65. The van der Waals surface area contributed by atoms with Crippen LogP contribution in [0.15, 0.2) is 60.3 Å². The zero-order valence-electron chi connectivity index (χ0n) is 14.3. The SMILES string of the molecule is CCc1ccc(C(C)N/C=C(/C#N)C(=O)Nc2ccc(O)cc2)cc1. The van der Waals surface area contributed by atoms with E-state index in [2.05, 4.69) is 29.7 Å². The quantitative estimate of drug-likeness (QED) is 0.427. The van der Waals surface area contributed by atoms with Crippen LogP contribution in [0.2, 0.25) is 0 Å². The summed E-state index contributed by atoms with van der Waals surface area (Å²) >= 11 is 0. The van der Waals surface area contributed by atoms with E-state index in [4.69, 9.17) is 0 Å². The third kappa shape index (κ3) is 5.11. The fourth-order valence-corrected chi connectivity index (χ4v) is 2.24. The molecule has 0 saturated heterocycles. The number of carbonyl (C=O) groups excluding carboxylic acids is 1. The lowest BCUT2D eigenvalue weighted by molar-refractivity contribution is -0.112. The summed E-state index contributed by atoms with van der Waals surface area (Å²) in [6, 6.07) is 16.1. The van der Waals surface area contributed by atoms with Crippen molar-refractivity contribution in [2.45, 2.75) is 26.3 Å². The second-order valence-corrected chi connectivity index (χ2v) is 5.65. The molecule has 0 fully saturated rings. The van der Waals surface area contributed by atoms with Crippen LogP contribution in [-0.4, -0.2) is 11.0 Å². The number of hydrogen-bond acceptors (Lipinski definition) is 4. The molecule has 3 N–H and O–H groups in total. The van der Waals surface area contributed by atoms with Crippen molar-refractivity contribution in [3.63, 3.8) is 0 Å². The van der Waals surface area contributed by atoms with Gasteiger partial charge in [-0.2, -0.15) is 5.26 Å². The van der Waals surface area contributed by atoms with E-state index in [0.717, 1.165) is 12.0 Å². The first-order valence-corrected chi connectivity index (χ1v) is 8.09. The van der Waals surface area contributed by atoms with E-state index in [0.29, 0.717) is 5.69 Å². The third-order valence-corrected chi connectivity index (χ3v) is 3.86. The smallest absolute Gasteiger partial charge is 0.267 e. The standard InChI is InChI=1S/C20H21N3O2/c1-3-15-4-6-16(7-5-15)14(2)22-13-17(12-21)20(25)23-18-8-10-19(24)11-9-18/h4-11,13-14,22,24H,3H2,1-2H3,(H,23,25)/b17-13-. The molecule has 1 unspecified atom stereocenters. The first-order chi connectivity index (χ1) is 12.0. The first-order valence-electron chi connectivity index (χ1n) is 8.09. The summed E-state index contributed by atoms with van der Waals surface area (Å²) in [7, 11) is 0. The van der Waals surface area contributed by atoms with E-state index >= 15 is 0 Å². The number of nitrogens with zero attached hydrogens (tertiary/aromatic N) is 1.